The summed E-state index contributed by atoms with van der Waals surface area (Å²) in [7, 11) is 4.55. The SMILES string of the molecule is CN1CCCC(N(C)CCC2CCCN2)C1. The number of nitrogens with one attached hydrogen (secondary N) is 1. The van der Waals surface area contributed by atoms with E-state index in [1.54, 1.807) is 0 Å². The van der Waals surface area contributed by atoms with Gasteiger partial charge < -0.3 is 15.1 Å². The smallest absolute Gasteiger partial charge is 0.0220 e. The first-order chi connectivity index (χ1) is 7.75. The molecule has 2 unspecified atom stereocenters. The molecule has 2 fully saturated rings. The predicted octanol–water partition coefficient (Wildman–Crippen LogP) is 1.15. The molecule has 0 bridgehead atoms. The number of likely N-dealkylation sites (N-methyl/N-ethyl adjacent to an activating group) is 2. The van der Waals surface area contributed by atoms with E-state index >= 15 is 0 Å². The standard InChI is InChI=1S/C13H27N3/c1-15-9-4-6-13(11-15)16(2)10-7-12-5-3-8-14-12/h12-14H,3-11H2,1-2H3. The van der Waals surface area contributed by atoms with Gasteiger partial charge in [-0.1, -0.05) is 0 Å². The Morgan fingerprint density at radius 2 is 2.19 bits per heavy atom. The second-order valence-electron chi connectivity index (χ2n) is 5.62. The normalized spacial score (nSPS) is 32.4. The van der Waals surface area contributed by atoms with Crippen molar-refractivity contribution in [3.63, 3.8) is 0 Å². The summed E-state index contributed by atoms with van der Waals surface area (Å²) in [4.78, 5) is 5.05. The molecule has 2 heterocycles. The van der Waals surface area contributed by atoms with Crippen LogP contribution in [0.3, 0.4) is 0 Å². The Labute approximate surface area is 100 Å². The third kappa shape index (κ3) is 3.44. The Bertz CT molecular complexity index is 201. The molecular formula is C13H27N3. The quantitative estimate of drug-likeness (QED) is 0.774. The third-order valence-electron chi connectivity index (χ3n) is 4.22. The average Bonchev–Trinajstić information content (AvgIpc) is 2.78. The van der Waals surface area contributed by atoms with Gasteiger partial charge in [-0.3, -0.25) is 0 Å². The molecule has 3 heteroatoms. The van der Waals surface area contributed by atoms with Gasteiger partial charge in [0, 0.05) is 18.6 Å². The maximum atomic E-state index is 3.59. The summed E-state index contributed by atoms with van der Waals surface area (Å²) in [6.45, 7) is 5.04. The molecule has 0 aromatic heterocycles. The molecule has 2 atom stereocenters. The van der Waals surface area contributed by atoms with E-state index in [4.69, 9.17) is 0 Å². The van der Waals surface area contributed by atoms with Crippen molar-refractivity contribution in [2.45, 2.75) is 44.2 Å². The molecule has 3 nitrogen and oxygen atoms in total. The van der Waals surface area contributed by atoms with Crippen molar-refractivity contribution in [3.05, 3.63) is 0 Å². The zero-order chi connectivity index (χ0) is 11.4. The van der Waals surface area contributed by atoms with Crippen LogP contribution in [-0.4, -0.2) is 62.2 Å². The first-order valence-corrected chi connectivity index (χ1v) is 6.88. The summed E-state index contributed by atoms with van der Waals surface area (Å²) >= 11 is 0. The largest absolute Gasteiger partial charge is 0.314 e. The monoisotopic (exact) mass is 225 g/mol. The number of piperidine rings is 1. The van der Waals surface area contributed by atoms with Crippen LogP contribution >= 0.6 is 0 Å². The third-order valence-corrected chi connectivity index (χ3v) is 4.22. The van der Waals surface area contributed by atoms with E-state index < -0.39 is 0 Å². The van der Waals surface area contributed by atoms with Gasteiger partial charge in [0.25, 0.3) is 0 Å². The highest BCUT2D eigenvalue weighted by molar-refractivity contribution is 4.80. The molecule has 2 aliphatic heterocycles. The van der Waals surface area contributed by atoms with E-state index in [1.807, 2.05) is 0 Å². The summed E-state index contributed by atoms with van der Waals surface area (Å²) in [5.41, 5.74) is 0. The maximum Gasteiger partial charge on any atom is 0.0220 e. The highest BCUT2D eigenvalue weighted by Gasteiger charge is 2.22. The Morgan fingerprint density at radius 3 is 2.88 bits per heavy atom. The van der Waals surface area contributed by atoms with Crippen molar-refractivity contribution in [3.8, 4) is 0 Å². The lowest BCUT2D eigenvalue weighted by atomic mass is 10.0. The van der Waals surface area contributed by atoms with Gasteiger partial charge in [-0.25, -0.2) is 0 Å². The first-order valence-electron chi connectivity index (χ1n) is 6.88. The van der Waals surface area contributed by atoms with Gasteiger partial charge >= 0.3 is 0 Å². The predicted molar refractivity (Wildman–Crippen MR) is 68.8 cm³/mol. The minimum absolute atomic E-state index is 0.792. The van der Waals surface area contributed by atoms with Crippen molar-refractivity contribution in [2.24, 2.45) is 0 Å². The van der Waals surface area contributed by atoms with E-state index in [-0.39, 0.29) is 0 Å². The van der Waals surface area contributed by atoms with Crippen LogP contribution in [0.25, 0.3) is 0 Å². The Balaban J connectivity index is 1.67. The molecule has 94 valence electrons. The summed E-state index contributed by atoms with van der Waals surface area (Å²) in [6, 6.07) is 1.59. The van der Waals surface area contributed by atoms with Crippen LogP contribution < -0.4 is 5.32 Å². The van der Waals surface area contributed by atoms with Gasteiger partial charge in [-0.05, 0) is 65.8 Å². The number of hydrogen-bond acceptors (Lipinski definition) is 3. The van der Waals surface area contributed by atoms with Crippen LogP contribution in [0.2, 0.25) is 0 Å². The Morgan fingerprint density at radius 1 is 1.31 bits per heavy atom. The van der Waals surface area contributed by atoms with Crippen molar-refractivity contribution < 1.29 is 0 Å². The number of rotatable bonds is 4. The number of likely N-dealkylation sites (tertiary alicyclic amines) is 1. The molecular weight excluding hydrogens is 198 g/mol. The van der Waals surface area contributed by atoms with E-state index in [0.717, 1.165) is 12.1 Å². The van der Waals surface area contributed by atoms with E-state index in [1.165, 1.54) is 58.3 Å². The van der Waals surface area contributed by atoms with E-state index in [9.17, 15) is 0 Å². The molecule has 16 heavy (non-hydrogen) atoms. The van der Waals surface area contributed by atoms with Crippen LogP contribution in [0.15, 0.2) is 0 Å². The fraction of sp³-hybridized carbons (Fsp3) is 1.00. The van der Waals surface area contributed by atoms with Crippen LogP contribution in [0.1, 0.15) is 32.1 Å². The lowest BCUT2D eigenvalue weighted by Gasteiger charge is -2.36. The fourth-order valence-electron chi connectivity index (χ4n) is 3.04. The van der Waals surface area contributed by atoms with Crippen LogP contribution in [-0.2, 0) is 0 Å². The minimum Gasteiger partial charge on any atom is -0.314 e. The topological polar surface area (TPSA) is 18.5 Å². The highest BCUT2D eigenvalue weighted by Crippen LogP contribution is 2.15. The molecule has 0 amide bonds. The molecule has 0 saturated carbocycles. The fourth-order valence-corrected chi connectivity index (χ4v) is 3.04. The van der Waals surface area contributed by atoms with Gasteiger partial charge in [-0.2, -0.15) is 0 Å². The van der Waals surface area contributed by atoms with Crippen LogP contribution in [0, 0.1) is 0 Å². The van der Waals surface area contributed by atoms with Crippen molar-refractivity contribution in [1.82, 2.24) is 15.1 Å². The second kappa shape index (κ2) is 5.99. The second-order valence-corrected chi connectivity index (χ2v) is 5.62. The molecule has 0 aromatic carbocycles. The average molecular weight is 225 g/mol. The van der Waals surface area contributed by atoms with Gasteiger partial charge in [-0.15, -0.1) is 0 Å². The summed E-state index contributed by atoms with van der Waals surface area (Å²) < 4.78 is 0. The lowest BCUT2D eigenvalue weighted by molar-refractivity contribution is 0.131. The summed E-state index contributed by atoms with van der Waals surface area (Å²) in [5, 5.41) is 3.59. The molecule has 2 rings (SSSR count). The van der Waals surface area contributed by atoms with Gasteiger partial charge in [0.2, 0.25) is 0 Å². The maximum absolute atomic E-state index is 3.59. The molecule has 2 saturated heterocycles. The first kappa shape index (κ1) is 12.3. The highest BCUT2D eigenvalue weighted by atomic mass is 15.2. The Hall–Kier alpha value is -0.120. The van der Waals surface area contributed by atoms with Crippen molar-refractivity contribution >= 4 is 0 Å². The van der Waals surface area contributed by atoms with Crippen molar-refractivity contribution in [1.29, 1.82) is 0 Å². The van der Waals surface area contributed by atoms with Crippen molar-refractivity contribution in [2.75, 3.05) is 40.3 Å². The molecule has 0 spiro atoms. The van der Waals surface area contributed by atoms with E-state index in [2.05, 4.69) is 29.2 Å². The minimum atomic E-state index is 0.792. The van der Waals surface area contributed by atoms with E-state index in [0.29, 0.717) is 0 Å². The molecule has 0 radical (unpaired) electrons. The lowest BCUT2D eigenvalue weighted by Crippen LogP contribution is -2.45. The van der Waals surface area contributed by atoms with Crippen LogP contribution in [0.5, 0.6) is 0 Å². The summed E-state index contributed by atoms with van der Waals surface area (Å²) in [6.07, 6.45) is 6.85. The zero-order valence-corrected chi connectivity index (χ0v) is 10.9. The van der Waals surface area contributed by atoms with Gasteiger partial charge in [0.15, 0.2) is 0 Å². The number of hydrogen-bond donors (Lipinski definition) is 1. The summed E-state index contributed by atoms with van der Waals surface area (Å²) in [5.74, 6) is 0. The Kier molecular flexibility index (Phi) is 4.62. The van der Waals surface area contributed by atoms with Gasteiger partial charge in [0.05, 0.1) is 0 Å². The molecule has 1 N–H and O–H groups in total. The molecule has 0 aliphatic carbocycles. The molecule has 2 aliphatic rings. The number of nitrogens with zero attached hydrogens (tertiary/aromatic N) is 2. The molecule has 0 aromatic rings. The zero-order valence-electron chi connectivity index (χ0n) is 10.9. The van der Waals surface area contributed by atoms with Gasteiger partial charge in [0.1, 0.15) is 0 Å². The van der Waals surface area contributed by atoms with Crippen LogP contribution in [0.4, 0.5) is 0 Å².